The van der Waals surface area contributed by atoms with Gasteiger partial charge in [0.25, 0.3) is 0 Å². The zero-order chi connectivity index (χ0) is 12.5. The molecule has 0 saturated heterocycles. The van der Waals surface area contributed by atoms with Crippen LogP contribution in [-0.2, 0) is 6.42 Å². The summed E-state index contributed by atoms with van der Waals surface area (Å²) in [6.07, 6.45) is 5.16. The number of methoxy groups -OCH3 is 1. The Bertz CT molecular complexity index is 427. The number of benzene rings is 1. The molecule has 18 heavy (non-hydrogen) atoms. The van der Waals surface area contributed by atoms with E-state index in [-0.39, 0.29) is 0 Å². The van der Waals surface area contributed by atoms with E-state index in [1.165, 1.54) is 30.4 Å². The largest absolute Gasteiger partial charge is 0.497 e. The summed E-state index contributed by atoms with van der Waals surface area (Å²) >= 11 is 0. The van der Waals surface area contributed by atoms with Gasteiger partial charge in [0, 0.05) is 6.04 Å². The molecule has 0 aromatic heterocycles. The Kier molecular flexibility index (Phi) is 3.29. The summed E-state index contributed by atoms with van der Waals surface area (Å²) in [5.41, 5.74) is 3.06. The van der Waals surface area contributed by atoms with Crippen LogP contribution >= 0.6 is 0 Å². The van der Waals surface area contributed by atoms with Crippen molar-refractivity contribution in [1.29, 1.82) is 0 Å². The Labute approximate surface area is 110 Å². The van der Waals surface area contributed by atoms with E-state index in [0.29, 0.717) is 12.0 Å². The molecular formula is C16H23NO. The summed E-state index contributed by atoms with van der Waals surface area (Å²) in [4.78, 5) is 0. The van der Waals surface area contributed by atoms with Crippen molar-refractivity contribution in [3.63, 3.8) is 0 Å². The summed E-state index contributed by atoms with van der Waals surface area (Å²) in [5.74, 6) is 2.54. The van der Waals surface area contributed by atoms with Crippen LogP contribution < -0.4 is 10.1 Å². The van der Waals surface area contributed by atoms with Crippen molar-refractivity contribution in [2.75, 3.05) is 13.7 Å². The first kappa shape index (κ1) is 12.0. The van der Waals surface area contributed by atoms with E-state index in [4.69, 9.17) is 4.74 Å². The lowest BCUT2D eigenvalue weighted by atomic mass is 9.75. The summed E-state index contributed by atoms with van der Waals surface area (Å²) in [6.45, 7) is 3.51. The molecule has 2 nitrogen and oxygen atoms in total. The third-order valence-electron chi connectivity index (χ3n) is 4.67. The average molecular weight is 245 g/mol. The highest BCUT2D eigenvalue weighted by molar-refractivity contribution is 5.40. The first-order valence-corrected chi connectivity index (χ1v) is 7.18. The lowest BCUT2D eigenvalue weighted by molar-refractivity contribution is 0.275. The van der Waals surface area contributed by atoms with Gasteiger partial charge < -0.3 is 10.1 Å². The van der Waals surface area contributed by atoms with Gasteiger partial charge in [0.1, 0.15) is 5.75 Å². The molecule has 1 aliphatic heterocycles. The Morgan fingerprint density at radius 2 is 2.17 bits per heavy atom. The zero-order valence-electron chi connectivity index (χ0n) is 11.4. The minimum atomic E-state index is 0.676. The predicted octanol–water partition coefficient (Wildman–Crippen LogP) is 3.11. The van der Waals surface area contributed by atoms with Crippen LogP contribution in [0.3, 0.4) is 0 Å². The molecule has 0 unspecified atom stereocenters. The van der Waals surface area contributed by atoms with Gasteiger partial charge in [0.15, 0.2) is 0 Å². The molecule has 1 aliphatic carbocycles. The Morgan fingerprint density at radius 3 is 3.00 bits per heavy atom. The lowest BCUT2D eigenvalue weighted by Gasteiger charge is -2.35. The monoisotopic (exact) mass is 245 g/mol. The normalized spacial score (nSPS) is 31.1. The zero-order valence-corrected chi connectivity index (χ0v) is 11.4. The molecule has 1 heterocycles. The van der Waals surface area contributed by atoms with Crippen LogP contribution in [0.5, 0.6) is 5.75 Å². The fourth-order valence-corrected chi connectivity index (χ4v) is 3.63. The molecule has 3 rings (SSSR count). The lowest BCUT2D eigenvalue weighted by Crippen LogP contribution is -2.38. The van der Waals surface area contributed by atoms with Gasteiger partial charge in [-0.3, -0.25) is 0 Å². The Balaban J connectivity index is 1.99. The molecule has 98 valence electrons. The van der Waals surface area contributed by atoms with Crippen molar-refractivity contribution in [2.45, 2.75) is 44.6 Å². The molecule has 1 fully saturated rings. The molecule has 1 aromatic rings. The minimum Gasteiger partial charge on any atom is -0.497 e. The van der Waals surface area contributed by atoms with E-state index >= 15 is 0 Å². The van der Waals surface area contributed by atoms with Crippen LogP contribution in [0.1, 0.15) is 43.2 Å². The number of fused-ring (bicyclic) bond motifs is 3. The number of rotatable bonds is 1. The highest BCUT2D eigenvalue weighted by Gasteiger charge is 2.32. The molecule has 2 aliphatic rings. The van der Waals surface area contributed by atoms with Crippen molar-refractivity contribution >= 4 is 0 Å². The number of ether oxygens (including phenoxy) is 1. The predicted molar refractivity (Wildman–Crippen MR) is 74.2 cm³/mol. The first-order valence-electron chi connectivity index (χ1n) is 7.18. The average Bonchev–Trinajstić information content (AvgIpc) is 2.57. The Hall–Kier alpha value is -1.02. The summed E-state index contributed by atoms with van der Waals surface area (Å²) in [7, 11) is 1.76. The standard InChI is InChI=1S/C16H23NO/c1-11-3-6-16-15(9-11)14-10-13(18-2)5-4-12(14)7-8-17-16/h4-5,10-11,15-17H,3,6-9H2,1-2H3/t11-,15-,16+/m1/s1. The fraction of sp³-hybridized carbons (Fsp3) is 0.625. The van der Waals surface area contributed by atoms with Crippen LogP contribution in [0.15, 0.2) is 18.2 Å². The van der Waals surface area contributed by atoms with Gasteiger partial charge in [-0.2, -0.15) is 0 Å². The van der Waals surface area contributed by atoms with Crippen LogP contribution in [0.25, 0.3) is 0 Å². The van der Waals surface area contributed by atoms with Gasteiger partial charge in [-0.25, -0.2) is 0 Å². The first-order chi connectivity index (χ1) is 8.78. The van der Waals surface area contributed by atoms with Gasteiger partial charge >= 0.3 is 0 Å². The van der Waals surface area contributed by atoms with Crippen molar-refractivity contribution in [2.24, 2.45) is 5.92 Å². The van der Waals surface area contributed by atoms with Crippen molar-refractivity contribution in [3.05, 3.63) is 29.3 Å². The van der Waals surface area contributed by atoms with E-state index < -0.39 is 0 Å². The minimum absolute atomic E-state index is 0.676. The van der Waals surface area contributed by atoms with E-state index in [0.717, 1.165) is 24.6 Å². The third kappa shape index (κ3) is 2.14. The quantitative estimate of drug-likeness (QED) is 0.821. The molecule has 1 saturated carbocycles. The van der Waals surface area contributed by atoms with Crippen LogP contribution in [0.2, 0.25) is 0 Å². The fourth-order valence-electron chi connectivity index (χ4n) is 3.63. The number of hydrogen-bond acceptors (Lipinski definition) is 2. The summed E-state index contributed by atoms with van der Waals surface area (Å²) in [6, 6.07) is 7.32. The molecule has 0 bridgehead atoms. The van der Waals surface area contributed by atoms with Gasteiger partial charge in [0.2, 0.25) is 0 Å². The maximum Gasteiger partial charge on any atom is 0.119 e. The molecule has 3 atom stereocenters. The van der Waals surface area contributed by atoms with E-state index in [9.17, 15) is 0 Å². The molecule has 0 amide bonds. The SMILES string of the molecule is COc1ccc2c(c1)[C@H]1C[C@H](C)CC[C@@H]1NCC2. The van der Waals surface area contributed by atoms with Crippen LogP contribution in [-0.4, -0.2) is 19.7 Å². The Morgan fingerprint density at radius 1 is 1.28 bits per heavy atom. The highest BCUT2D eigenvalue weighted by atomic mass is 16.5. The van der Waals surface area contributed by atoms with Crippen molar-refractivity contribution in [1.82, 2.24) is 5.32 Å². The second-order valence-corrected chi connectivity index (χ2v) is 5.90. The smallest absolute Gasteiger partial charge is 0.119 e. The molecule has 2 heteroatoms. The molecule has 1 aromatic carbocycles. The van der Waals surface area contributed by atoms with Crippen LogP contribution in [0.4, 0.5) is 0 Å². The summed E-state index contributed by atoms with van der Waals surface area (Å²) in [5, 5.41) is 3.75. The third-order valence-corrected chi connectivity index (χ3v) is 4.67. The second-order valence-electron chi connectivity index (χ2n) is 5.90. The molecule has 0 radical (unpaired) electrons. The second kappa shape index (κ2) is 4.93. The molecular weight excluding hydrogens is 222 g/mol. The number of nitrogens with one attached hydrogen (secondary N) is 1. The maximum absolute atomic E-state index is 5.41. The molecule has 1 N–H and O–H groups in total. The van der Waals surface area contributed by atoms with E-state index in [2.05, 4.69) is 30.4 Å². The van der Waals surface area contributed by atoms with Crippen LogP contribution in [0, 0.1) is 5.92 Å². The van der Waals surface area contributed by atoms with Gasteiger partial charge in [-0.1, -0.05) is 13.0 Å². The van der Waals surface area contributed by atoms with Crippen molar-refractivity contribution in [3.8, 4) is 5.75 Å². The van der Waals surface area contributed by atoms with Gasteiger partial charge in [-0.15, -0.1) is 0 Å². The van der Waals surface area contributed by atoms with E-state index in [1.807, 2.05) is 0 Å². The van der Waals surface area contributed by atoms with E-state index in [1.54, 1.807) is 7.11 Å². The molecule has 0 spiro atoms. The highest BCUT2D eigenvalue weighted by Crippen LogP contribution is 2.40. The van der Waals surface area contributed by atoms with Crippen molar-refractivity contribution < 1.29 is 4.74 Å². The van der Waals surface area contributed by atoms with Gasteiger partial charge in [-0.05, 0) is 67.3 Å². The van der Waals surface area contributed by atoms with Gasteiger partial charge in [0.05, 0.1) is 7.11 Å². The summed E-state index contributed by atoms with van der Waals surface area (Å²) < 4.78 is 5.41. The number of hydrogen-bond donors (Lipinski definition) is 1. The topological polar surface area (TPSA) is 21.3 Å². The maximum atomic E-state index is 5.41.